The van der Waals surface area contributed by atoms with Gasteiger partial charge in [0.2, 0.25) is 15.9 Å². The van der Waals surface area contributed by atoms with Crippen molar-refractivity contribution in [3.05, 3.63) is 59.7 Å². The molecule has 0 radical (unpaired) electrons. The van der Waals surface area contributed by atoms with Crippen molar-refractivity contribution in [3.63, 3.8) is 0 Å². The number of para-hydroxylation sites is 1. The van der Waals surface area contributed by atoms with Gasteiger partial charge in [0.15, 0.2) is 0 Å². The second-order valence-corrected chi connectivity index (χ2v) is 8.77. The van der Waals surface area contributed by atoms with E-state index in [0.29, 0.717) is 17.0 Å². The Kier molecular flexibility index (Phi) is 8.81. The largest absolute Gasteiger partial charge is 0.489 e. The minimum Gasteiger partial charge on any atom is -0.489 e. The number of hydrogen-bond donors (Lipinski definition) is 4. The monoisotopic (exact) mass is 446 g/mol. The van der Waals surface area contributed by atoms with Gasteiger partial charge in [0.05, 0.1) is 24.4 Å². The lowest BCUT2D eigenvalue weighted by atomic mass is 10.1. The standard InChI is InChI=1S/C21H26N4O5S/c1-15(23-13-19(26)14-30-20-6-4-3-5-17(20)12-22)24-21(27)11-16-7-9-18(10-8-16)25-31(2,28)29/h3-10,15,19,23,25-26H,11,13-14H2,1-2H3,(H,24,27). The molecule has 0 spiro atoms. The number of sulfonamides is 1. The molecule has 0 aliphatic carbocycles. The number of anilines is 1. The Balaban J connectivity index is 1.72. The van der Waals surface area contributed by atoms with Crippen molar-refractivity contribution in [2.45, 2.75) is 25.6 Å². The fourth-order valence-electron chi connectivity index (χ4n) is 2.68. The van der Waals surface area contributed by atoms with Crippen LogP contribution in [0.5, 0.6) is 5.75 Å². The zero-order chi connectivity index (χ0) is 22.9. The van der Waals surface area contributed by atoms with Crippen molar-refractivity contribution in [2.75, 3.05) is 24.1 Å². The Morgan fingerprint density at radius 1 is 1.19 bits per heavy atom. The van der Waals surface area contributed by atoms with Crippen molar-refractivity contribution in [1.82, 2.24) is 10.6 Å². The predicted octanol–water partition coefficient (Wildman–Crippen LogP) is 0.964. The molecule has 166 valence electrons. The number of nitriles is 1. The molecule has 2 rings (SSSR count). The maximum absolute atomic E-state index is 12.2. The number of rotatable bonds is 11. The summed E-state index contributed by atoms with van der Waals surface area (Å²) in [6.45, 7) is 1.93. The highest BCUT2D eigenvalue weighted by Gasteiger charge is 2.12. The molecule has 0 aliphatic rings. The van der Waals surface area contributed by atoms with Crippen LogP contribution < -0.4 is 20.1 Å². The Morgan fingerprint density at radius 2 is 1.87 bits per heavy atom. The molecule has 2 aromatic rings. The molecule has 0 saturated carbocycles. The molecule has 1 amide bonds. The highest BCUT2D eigenvalue weighted by Crippen LogP contribution is 2.16. The molecular formula is C21H26N4O5S. The van der Waals surface area contributed by atoms with Gasteiger partial charge in [0.25, 0.3) is 0 Å². The van der Waals surface area contributed by atoms with Gasteiger partial charge in [-0.15, -0.1) is 0 Å². The minimum atomic E-state index is -3.35. The first-order valence-electron chi connectivity index (χ1n) is 9.56. The van der Waals surface area contributed by atoms with Gasteiger partial charge in [-0.2, -0.15) is 5.26 Å². The van der Waals surface area contributed by atoms with Crippen LogP contribution in [0, 0.1) is 11.3 Å². The van der Waals surface area contributed by atoms with Crippen molar-refractivity contribution < 1.29 is 23.1 Å². The molecule has 2 atom stereocenters. The fraction of sp³-hybridized carbons (Fsp3) is 0.333. The number of carbonyl (C=O) groups is 1. The molecule has 4 N–H and O–H groups in total. The normalized spacial score (nSPS) is 13.0. The van der Waals surface area contributed by atoms with Crippen LogP contribution in [0.3, 0.4) is 0 Å². The van der Waals surface area contributed by atoms with E-state index in [9.17, 15) is 18.3 Å². The van der Waals surface area contributed by atoms with E-state index in [4.69, 9.17) is 10.00 Å². The number of aliphatic hydroxyl groups is 1. The molecule has 9 nitrogen and oxygen atoms in total. The molecule has 0 bridgehead atoms. The van der Waals surface area contributed by atoms with Gasteiger partial charge in [-0.3, -0.25) is 14.8 Å². The van der Waals surface area contributed by atoms with Crippen LogP contribution in [0.2, 0.25) is 0 Å². The van der Waals surface area contributed by atoms with Crippen LogP contribution >= 0.6 is 0 Å². The number of nitrogens with zero attached hydrogens (tertiary/aromatic N) is 1. The fourth-order valence-corrected chi connectivity index (χ4v) is 3.24. The van der Waals surface area contributed by atoms with Crippen molar-refractivity contribution in [1.29, 1.82) is 5.26 Å². The average Bonchev–Trinajstić information content (AvgIpc) is 2.71. The number of nitrogens with one attached hydrogen (secondary N) is 3. The summed E-state index contributed by atoms with van der Waals surface area (Å²) in [4.78, 5) is 12.2. The lowest BCUT2D eigenvalue weighted by Gasteiger charge is -2.19. The third kappa shape index (κ3) is 9.04. The number of ether oxygens (including phenoxy) is 1. The first kappa shape index (κ1) is 24.1. The Labute approximate surface area is 182 Å². The summed E-state index contributed by atoms with van der Waals surface area (Å²) in [6.07, 6.45) is -0.0283. The van der Waals surface area contributed by atoms with Gasteiger partial charge in [-0.1, -0.05) is 24.3 Å². The molecule has 0 aliphatic heterocycles. The van der Waals surface area contributed by atoms with Crippen LogP contribution in [0.4, 0.5) is 5.69 Å². The second-order valence-electron chi connectivity index (χ2n) is 7.02. The van der Waals surface area contributed by atoms with Gasteiger partial charge >= 0.3 is 0 Å². The minimum absolute atomic E-state index is 0.000222. The molecule has 2 unspecified atom stereocenters. The van der Waals surface area contributed by atoms with E-state index in [1.807, 2.05) is 6.07 Å². The van der Waals surface area contributed by atoms with Crippen molar-refractivity contribution >= 4 is 21.6 Å². The summed E-state index contributed by atoms with van der Waals surface area (Å²) in [5.41, 5.74) is 1.55. The van der Waals surface area contributed by atoms with Crippen LogP contribution in [-0.4, -0.2) is 51.1 Å². The smallest absolute Gasteiger partial charge is 0.229 e. The summed E-state index contributed by atoms with van der Waals surface area (Å²) in [5, 5.41) is 24.9. The summed E-state index contributed by atoms with van der Waals surface area (Å²) in [6, 6.07) is 15.3. The highest BCUT2D eigenvalue weighted by atomic mass is 32.2. The van der Waals surface area contributed by atoms with Gasteiger partial charge in [-0.25, -0.2) is 8.42 Å². The molecule has 0 aromatic heterocycles. The second kappa shape index (κ2) is 11.3. The molecule has 10 heteroatoms. The third-order valence-electron chi connectivity index (χ3n) is 4.10. The first-order chi connectivity index (χ1) is 14.7. The van der Waals surface area contributed by atoms with Crippen LogP contribution in [0.1, 0.15) is 18.1 Å². The topological polar surface area (TPSA) is 141 Å². The highest BCUT2D eigenvalue weighted by molar-refractivity contribution is 7.92. The summed E-state index contributed by atoms with van der Waals surface area (Å²) >= 11 is 0. The van der Waals surface area contributed by atoms with E-state index in [1.54, 1.807) is 55.5 Å². The van der Waals surface area contributed by atoms with Gasteiger partial charge in [0.1, 0.15) is 24.5 Å². The predicted molar refractivity (Wildman–Crippen MR) is 117 cm³/mol. The molecule has 0 saturated heterocycles. The Morgan fingerprint density at radius 3 is 2.52 bits per heavy atom. The van der Waals surface area contributed by atoms with E-state index < -0.39 is 16.1 Å². The average molecular weight is 447 g/mol. The molecule has 0 fully saturated rings. The van der Waals surface area contributed by atoms with Crippen molar-refractivity contribution in [3.8, 4) is 11.8 Å². The van der Waals surface area contributed by atoms with E-state index in [-0.39, 0.29) is 31.6 Å². The van der Waals surface area contributed by atoms with Gasteiger partial charge in [-0.05, 0) is 36.8 Å². The zero-order valence-electron chi connectivity index (χ0n) is 17.3. The number of amides is 1. The number of aliphatic hydroxyl groups excluding tert-OH is 1. The van der Waals surface area contributed by atoms with Gasteiger partial charge in [0, 0.05) is 12.2 Å². The molecule has 0 heterocycles. The maximum atomic E-state index is 12.2. The maximum Gasteiger partial charge on any atom is 0.229 e. The van der Waals surface area contributed by atoms with Gasteiger partial charge < -0.3 is 15.2 Å². The zero-order valence-corrected chi connectivity index (χ0v) is 18.1. The van der Waals surface area contributed by atoms with E-state index in [2.05, 4.69) is 15.4 Å². The summed E-state index contributed by atoms with van der Waals surface area (Å²) in [7, 11) is -3.35. The number of hydrogen-bond acceptors (Lipinski definition) is 7. The van der Waals surface area contributed by atoms with E-state index >= 15 is 0 Å². The summed E-state index contributed by atoms with van der Waals surface area (Å²) in [5.74, 6) is 0.181. The van der Waals surface area contributed by atoms with E-state index in [1.165, 1.54) is 0 Å². The number of benzene rings is 2. The number of carbonyl (C=O) groups excluding carboxylic acids is 1. The third-order valence-corrected chi connectivity index (χ3v) is 4.70. The lowest BCUT2D eigenvalue weighted by molar-refractivity contribution is -0.121. The molecule has 31 heavy (non-hydrogen) atoms. The summed E-state index contributed by atoms with van der Waals surface area (Å²) < 4.78 is 30.3. The molecular weight excluding hydrogens is 420 g/mol. The lowest BCUT2D eigenvalue weighted by Crippen LogP contribution is -2.47. The quantitative estimate of drug-likeness (QED) is 0.377. The van der Waals surface area contributed by atoms with Crippen LogP contribution in [-0.2, 0) is 21.2 Å². The van der Waals surface area contributed by atoms with Crippen LogP contribution in [0.15, 0.2) is 48.5 Å². The SMILES string of the molecule is CC(NCC(O)COc1ccccc1C#N)NC(=O)Cc1ccc(NS(C)(=O)=O)cc1. The van der Waals surface area contributed by atoms with E-state index in [0.717, 1.165) is 11.8 Å². The Bertz CT molecular complexity index is 1020. The van der Waals surface area contributed by atoms with Crippen LogP contribution in [0.25, 0.3) is 0 Å². The molecule has 2 aromatic carbocycles. The first-order valence-corrected chi connectivity index (χ1v) is 11.4. The Hall–Kier alpha value is -3.13. The van der Waals surface area contributed by atoms with Crippen molar-refractivity contribution in [2.24, 2.45) is 0 Å².